The zero-order chi connectivity index (χ0) is 12.8. The maximum absolute atomic E-state index is 10.9. The molecule has 1 rings (SSSR count). The van der Waals surface area contributed by atoms with Crippen molar-refractivity contribution in [3.63, 3.8) is 0 Å². The van der Waals surface area contributed by atoms with Crippen LogP contribution in [0.3, 0.4) is 0 Å². The number of aliphatic carboxylic acids is 1. The molecule has 17 heavy (non-hydrogen) atoms. The van der Waals surface area contributed by atoms with Gasteiger partial charge in [-0.2, -0.15) is 0 Å². The number of rotatable bonds is 7. The summed E-state index contributed by atoms with van der Waals surface area (Å²) in [6, 6.07) is 0.551. The van der Waals surface area contributed by atoms with Crippen molar-refractivity contribution in [2.45, 2.75) is 39.7 Å². The Kier molecular flexibility index (Phi) is 5.92. The Morgan fingerprint density at radius 1 is 1.41 bits per heavy atom. The molecule has 0 radical (unpaired) electrons. The second-order valence-electron chi connectivity index (χ2n) is 5.64. The molecule has 0 aromatic rings. The molecule has 2 unspecified atom stereocenters. The fourth-order valence-corrected chi connectivity index (χ4v) is 2.43. The summed E-state index contributed by atoms with van der Waals surface area (Å²) in [5, 5.41) is 12.5. The second-order valence-corrected chi connectivity index (χ2v) is 5.64. The lowest BCUT2D eigenvalue weighted by Crippen LogP contribution is -2.42. The molecular weight excluding hydrogens is 216 g/mol. The zero-order valence-corrected chi connectivity index (χ0v) is 11.3. The number of nitrogens with zero attached hydrogens (tertiary/aromatic N) is 1. The van der Waals surface area contributed by atoms with Gasteiger partial charge in [0, 0.05) is 25.7 Å². The molecule has 2 atom stereocenters. The minimum absolute atomic E-state index is 0.282. The molecule has 0 amide bonds. The highest BCUT2D eigenvalue weighted by Crippen LogP contribution is 2.10. The summed E-state index contributed by atoms with van der Waals surface area (Å²) in [6.45, 7) is 9.88. The summed E-state index contributed by atoms with van der Waals surface area (Å²) in [7, 11) is 0. The highest BCUT2D eigenvalue weighted by Gasteiger charge is 2.21. The molecule has 1 heterocycles. The molecule has 0 saturated carbocycles. The van der Waals surface area contributed by atoms with Crippen molar-refractivity contribution in [2.75, 3.05) is 26.2 Å². The van der Waals surface area contributed by atoms with E-state index in [0.29, 0.717) is 18.5 Å². The van der Waals surface area contributed by atoms with Gasteiger partial charge >= 0.3 is 5.97 Å². The number of hydrogen-bond acceptors (Lipinski definition) is 3. The molecule has 1 aliphatic rings. The van der Waals surface area contributed by atoms with Crippen molar-refractivity contribution in [1.29, 1.82) is 0 Å². The maximum Gasteiger partial charge on any atom is 0.307 e. The maximum atomic E-state index is 10.9. The topological polar surface area (TPSA) is 52.6 Å². The average Bonchev–Trinajstić information content (AvgIpc) is 2.68. The first-order valence-electron chi connectivity index (χ1n) is 6.67. The van der Waals surface area contributed by atoms with Crippen LogP contribution in [0.2, 0.25) is 0 Å². The van der Waals surface area contributed by atoms with E-state index in [9.17, 15) is 4.79 Å². The van der Waals surface area contributed by atoms with Gasteiger partial charge in [-0.3, -0.25) is 4.79 Å². The molecule has 4 nitrogen and oxygen atoms in total. The van der Waals surface area contributed by atoms with Gasteiger partial charge in [-0.15, -0.1) is 0 Å². The molecule has 100 valence electrons. The van der Waals surface area contributed by atoms with E-state index in [1.807, 2.05) is 0 Å². The van der Waals surface area contributed by atoms with E-state index in [2.05, 4.69) is 24.1 Å². The van der Waals surface area contributed by atoms with E-state index < -0.39 is 5.97 Å². The quantitative estimate of drug-likeness (QED) is 0.709. The Hall–Kier alpha value is -0.610. The van der Waals surface area contributed by atoms with Crippen molar-refractivity contribution in [2.24, 2.45) is 11.8 Å². The normalized spacial score (nSPS) is 22.3. The monoisotopic (exact) mass is 242 g/mol. The highest BCUT2D eigenvalue weighted by atomic mass is 16.4. The van der Waals surface area contributed by atoms with E-state index in [4.69, 9.17) is 5.11 Å². The van der Waals surface area contributed by atoms with E-state index in [1.54, 1.807) is 6.92 Å². The van der Waals surface area contributed by atoms with Crippen LogP contribution in [0.25, 0.3) is 0 Å². The fourth-order valence-electron chi connectivity index (χ4n) is 2.43. The van der Waals surface area contributed by atoms with Crippen LogP contribution in [-0.4, -0.2) is 48.2 Å². The first kappa shape index (κ1) is 14.5. The Labute approximate surface area is 104 Å². The lowest BCUT2D eigenvalue weighted by atomic mass is 10.1. The predicted octanol–water partition coefficient (Wildman–Crippen LogP) is 1.42. The largest absolute Gasteiger partial charge is 0.481 e. The molecule has 1 aliphatic heterocycles. The smallest absolute Gasteiger partial charge is 0.307 e. The standard InChI is InChI=1S/C13H26N2O2/c1-10(2)7-15(8-11(3)13(16)17)9-12-5-4-6-14-12/h10-12,14H,4-9H2,1-3H3,(H,16,17). The van der Waals surface area contributed by atoms with Gasteiger partial charge in [-0.25, -0.2) is 0 Å². The van der Waals surface area contributed by atoms with Gasteiger partial charge in [-0.05, 0) is 25.3 Å². The number of carboxylic acids is 1. The van der Waals surface area contributed by atoms with E-state index in [-0.39, 0.29) is 5.92 Å². The lowest BCUT2D eigenvalue weighted by Gasteiger charge is -2.28. The average molecular weight is 242 g/mol. The zero-order valence-electron chi connectivity index (χ0n) is 11.3. The first-order chi connectivity index (χ1) is 7.99. The molecule has 0 aromatic carbocycles. The van der Waals surface area contributed by atoms with Crippen LogP contribution in [0.4, 0.5) is 0 Å². The SMILES string of the molecule is CC(C)CN(CC1CCCN1)CC(C)C(=O)O. The lowest BCUT2D eigenvalue weighted by molar-refractivity contribution is -0.141. The summed E-state index contributed by atoms with van der Waals surface area (Å²) < 4.78 is 0. The summed E-state index contributed by atoms with van der Waals surface area (Å²) in [5.41, 5.74) is 0. The molecule has 0 aliphatic carbocycles. The van der Waals surface area contributed by atoms with Gasteiger partial charge in [0.1, 0.15) is 0 Å². The van der Waals surface area contributed by atoms with Crippen molar-refractivity contribution in [1.82, 2.24) is 10.2 Å². The second kappa shape index (κ2) is 6.97. The molecule has 0 aromatic heterocycles. The van der Waals surface area contributed by atoms with Crippen LogP contribution in [0.15, 0.2) is 0 Å². The van der Waals surface area contributed by atoms with E-state index in [1.165, 1.54) is 12.8 Å². The number of carboxylic acid groups (broad SMARTS) is 1. The van der Waals surface area contributed by atoms with Crippen molar-refractivity contribution < 1.29 is 9.90 Å². The van der Waals surface area contributed by atoms with Gasteiger partial charge in [-0.1, -0.05) is 20.8 Å². The molecule has 0 bridgehead atoms. The van der Waals surface area contributed by atoms with Crippen LogP contribution in [0, 0.1) is 11.8 Å². The van der Waals surface area contributed by atoms with Gasteiger partial charge in [0.05, 0.1) is 5.92 Å². The summed E-state index contributed by atoms with van der Waals surface area (Å²) in [5.74, 6) is -0.398. The molecular formula is C13H26N2O2. The van der Waals surface area contributed by atoms with Gasteiger partial charge < -0.3 is 15.3 Å². The van der Waals surface area contributed by atoms with Crippen molar-refractivity contribution >= 4 is 5.97 Å². The minimum Gasteiger partial charge on any atom is -0.481 e. The van der Waals surface area contributed by atoms with Crippen molar-refractivity contribution in [3.8, 4) is 0 Å². The summed E-state index contributed by atoms with van der Waals surface area (Å²) in [6.07, 6.45) is 2.46. The summed E-state index contributed by atoms with van der Waals surface area (Å²) >= 11 is 0. The molecule has 4 heteroatoms. The third-order valence-electron chi connectivity index (χ3n) is 3.22. The Balaban J connectivity index is 2.43. The molecule has 1 fully saturated rings. The number of carbonyl (C=O) groups is 1. The molecule has 1 saturated heterocycles. The van der Waals surface area contributed by atoms with Crippen molar-refractivity contribution in [3.05, 3.63) is 0 Å². The highest BCUT2D eigenvalue weighted by molar-refractivity contribution is 5.69. The third kappa shape index (κ3) is 5.50. The Morgan fingerprint density at radius 2 is 2.12 bits per heavy atom. The predicted molar refractivity (Wildman–Crippen MR) is 69.1 cm³/mol. The van der Waals surface area contributed by atoms with Crippen LogP contribution in [-0.2, 0) is 4.79 Å². The minimum atomic E-state index is -0.696. The van der Waals surface area contributed by atoms with Crippen LogP contribution in [0.1, 0.15) is 33.6 Å². The fraction of sp³-hybridized carbons (Fsp3) is 0.923. The van der Waals surface area contributed by atoms with Gasteiger partial charge in [0.25, 0.3) is 0 Å². The number of hydrogen-bond donors (Lipinski definition) is 2. The van der Waals surface area contributed by atoms with Gasteiger partial charge in [0.2, 0.25) is 0 Å². The van der Waals surface area contributed by atoms with E-state index in [0.717, 1.165) is 19.6 Å². The third-order valence-corrected chi connectivity index (χ3v) is 3.22. The van der Waals surface area contributed by atoms with Gasteiger partial charge in [0.15, 0.2) is 0 Å². The molecule has 2 N–H and O–H groups in total. The van der Waals surface area contributed by atoms with E-state index >= 15 is 0 Å². The Bertz CT molecular complexity index is 238. The molecule has 0 spiro atoms. The van der Waals surface area contributed by atoms with Crippen LogP contribution < -0.4 is 5.32 Å². The summed E-state index contributed by atoms with van der Waals surface area (Å²) in [4.78, 5) is 13.2. The van der Waals surface area contributed by atoms with Crippen LogP contribution in [0.5, 0.6) is 0 Å². The number of nitrogens with one attached hydrogen (secondary N) is 1. The van der Waals surface area contributed by atoms with Crippen LogP contribution >= 0.6 is 0 Å². The first-order valence-corrected chi connectivity index (χ1v) is 6.67. The Morgan fingerprint density at radius 3 is 2.59 bits per heavy atom.